The number of benzene rings is 1. The summed E-state index contributed by atoms with van der Waals surface area (Å²) in [4.78, 5) is 6.77. The van der Waals surface area contributed by atoms with Gasteiger partial charge in [0.2, 0.25) is 0 Å². The van der Waals surface area contributed by atoms with Gasteiger partial charge >= 0.3 is 0 Å². The molecule has 0 aliphatic carbocycles. The summed E-state index contributed by atoms with van der Waals surface area (Å²) in [7, 11) is 0. The first-order valence-corrected chi connectivity index (χ1v) is 11.9. The fraction of sp³-hybridized carbons (Fsp3) is 0.536. The molecule has 0 aliphatic heterocycles. The minimum absolute atomic E-state index is 0.900. The molecule has 0 atom stereocenters. The fourth-order valence-electron chi connectivity index (χ4n) is 2.65. The molecule has 0 amide bonds. The SMILES string of the molecule is C=C(CC)N(C(/C=C(/C)N=C(C)C)=C\C)c1ccc(CCC)cc1.CC.CC.CC. The van der Waals surface area contributed by atoms with Crippen molar-refractivity contribution in [3.8, 4) is 0 Å². The average molecular weight is 415 g/mol. The molecule has 0 spiro atoms. The van der Waals surface area contributed by atoms with Crippen LogP contribution in [0.1, 0.15) is 101 Å². The highest BCUT2D eigenvalue weighted by molar-refractivity contribution is 5.80. The van der Waals surface area contributed by atoms with E-state index < -0.39 is 0 Å². The Morgan fingerprint density at radius 3 is 1.80 bits per heavy atom. The summed E-state index contributed by atoms with van der Waals surface area (Å²) in [5.41, 5.74) is 6.77. The Hall–Kier alpha value is -2.09. The molecule has 0 radical (unpaired) electrons. The number of hydrogen-bond donors (Lipinski definition) is 0. The van der Waals surface area contributed by atoms with E-state index in [1.165, 1.54) is 12.0 Å². The van der Waals surface area contributed by atoms with Crippen molar-refractivity contribution in [2.24, 2.45) is 4.99 Å². The number of aryl methyl sites for hydroxylation is 1. The van der Waals surface area contributed by atoms with Crippen molar-refractivity contribution in [2.45, 2.75) is 102 Å². The molecule has 0 bridgehead atoms. The highest BCUT2D eigenvalue weighted by atomic mass is 15.1. The van der Waals surface area contributed by atoms with Crippen molar-refractivity contribution in [2.75, 3.05) is 4.90 Å². The Morgan fingerprint density at radius 2 is 1.43 bits per heavy atom. The van der Waals surface area contributed by atoms with E-state index in [1.54, 1.807) is 0 Å². The lowest BCUT2D eigenvalue weighted by Gasteiger charge is -2.28. The molecule has 0 aliphatic rings. The van der Waals surface area contributed by atoms with Gasteiger partial charge in [-0.1, -0.05) is 86.6 Å². The average Bonchev–Trinajstić information content (AvgIpc) is 2.78. The normalized spacial score (nSPS) is 10.3. The Morgan fingerprint density at radius 1 is 0.933 bits per heavy atom. The molecule has 0 heterocycles. The lowest BCUT2D eigenvalue weighted by Crippen LogP contribution is -2.20. The molecule has 0 saturated carbocycles. The van der Waals surface area contributed by atoms with Gasteiger partial charge in [-0.05, 0) is 64.3 Å². The van der Waals surface area contributed by atoms with E-state index in [0.717, 1.165) is 41.3 Å². The Bertz CT molecular complexity index is 627. The minimum atomic E-state index is 0.900. The number of allylic oxidation sites excluding steroid dienone is 4. The summed E-state index contributed by atoms with van der Waals surface area (Å²) in [6, 6.07) is 8.81. The first kappa shape index (κ1) is 32.6. The van der Waals surface area contributed by atoms with E-state index in [4.69, 9.17) is 0 Å². The summed E-state index contributed by atoms with van der Waals surface area (Å²) in [5, 5.41) is 0. The third kappa shape index (κ3) is 13.2. The highest BCUT2D eigenvalue weighted by Gasteiger charge is 2.13. The second kappa shape index (κ2) is 21.6. The van der Waals surface area contributed by atoms with Crippen LogP contribution in [0.25, 0.3) is 0 Å². The van der Waals surface area contributed by atoms with Crippen LogP contribution in [0.4, 0.5) is 5.69 Å². The Kier molecular flexibility index (Phi) is 23.5. The van der Waals surface area contributed by atoms with Crippen LogP contribution >= 0.6 is 0 Å². The first-order chi connectivity index (χ1) is 14.4. The van der Waals surface area contributed by atoms with Gasteiger partial charge in [-0.2, -0.15) is 0 Å². The second-order valence-corrected chi connectivity index (χ2v) is 6.23. The van der Waals surface area contributed by atoms with E-state index in [9.17, 15) is 0 Å². The van der Waals surface area contributed by atoms with Gasteiger partial charge in [0.15, 0.2) is 0 Å². The van der Waals surface area contributed by atoms with Crippen LogP contribution in [-0.4, -0.2) is 5.71 Å². The standard InChI is InChI=1S/C22H32N2.3C2H6/c1-8-11-20-12-14-22(15-13-20)24(19(7)9-2)21(10-3)16-18(6)23-17(4)5;3*1-2/h10,12-16H,7-9,11H2,1-6H3;3*1-2H3/b18-16-,21-10-;;;. The molecule has 0 saturated heterocycles. The van der Waals surface area contributed by atoms with Gasteiger partial charge in [-0.3, -0.25) is 4.99 Å². The van der Waals surface area contributed by atoms with Gasteiger partial charge < -0.3 is 4.90 Å². The van der Waals surface area contributed by atoms with Crippen molar-refractivity contribution in [1.29, 1.82) is 0 Å². The van der Waals surface area contributed by atoms with Crippen LogP contribution in [0.3, 0.4) is 0 Å². The van der Waals surface area contributed by atoms with Crippen LogP contribution in [-0.2, 0) is 6.42 Å². The second-order valence-electron chi connectivity index (χ2n) is 6.23. The number of nitrogens with zero attached hydrogens (tertiary/aromatic N) is 2. The topological polar surface area (TPSA) is 15.6 Å². The quantitative estimate of drug-likeness (QED) is 0.305. The van der Waals surface area contributed by atoms with Crippen LogP contribution in [0.5, 0.6) is 0 Å². The predicted molar refractivity (Wildman–Crippen MR) is 143 cm³/mol. The molecular weight excluding hydrogens is 364 g/mol. The van der Waals surface area contributed by atoms with Crippen molar-refractivity contribution in [3.05, 3.63) is 65.7 Å². The molecule has 0 aromatic heterocycles. The first-order valence-electron chi connectivity index (χ1n) is 11.9. The van der Waals surface area contributed by atoms with Crippen LogP contribution in [0.15, 0.2) is 65.1 Å². The van der Waals surface area contributed by atoms with E-state index in [0.29, 0.717) is 0 Å². The molecule has 0 N–H and O–H groups in total. The molecule has 1 aromatic rings. The molecule has 1 aromatic carbocycles. The molecule has 1 rings (SSSR count). The van der Waals surface area contributed by atoms with Gasteiger partial charge in [-0.25, -0.2) is 0 Å². The van der Waals surface area contributed by atoms with Gasteiger partial charge in [0, 0.05) is 28.5 Å². The summed E-state index contributed by atoms with van der Waals surface area (Å²) in [5.74, 6) is 0. The van der Waals surface area contributed by atoms with Crippen molar-refractivity contribution >= 4 is 11.4 Å². The maximum atomic E-state index is 4.55. The zero-order chi connectivity index (χ0) is 24.1. The van der Waals surface area contributed by atoms with Crippen LogP contribution in [0.2, 0.25) is 0 Å². The molecule has 2 heteroatoms. The summed E-state index contributed by atoms with van der Waals surface area (Å²) < 4.78 is 0. The zero-order valence-electron chi connectivity index (χ0n) is 22.2. The highest BCUT2D eigenvalue weighted by Crippen LogP contribution is 2.27. The third-order valence-electron chi connectivity index (χ3n) is 3.77. The Labute approximate surface area is 189 Å². The lowest BCUT2D eigenvalue weighted by molar-refractivity contribution is 0.920. The van der Waals surface area contributed by atoms with Gasteiger partial charge in [0.05, 0.1) is 0 Å². The van der Waals surface area contributed by atoms with Gasteiger partial charge in [0.25, 0.3) is 0 Å². The number of rotatable bonds is 8. The van der Waals surface area contributed by atoms with E-state index in [2.05, 4.69) is 73.7 Å². The Balaban J connectivity index is -0.00000111. The lowest BCUT2D eigenvalue weighted by atomic mass is 10.1. The molecular formula is C28H50N2. The van der Waals surface area contributed by atoms with E-state index >= 15 is 0 Å². The molecule has 0 fully saturated rings. The third-order valence-corrected chi connectivity index (χ3v) is 3.77. The number of aliphatic imine (C=N–C) groups is 1. The summed E-state index contributed by atoms with van der Waals surface area (Å²) in [6.45, 7) is 28.7. The van der Waals surface area contributed by atoms with Crippen LogP contribution < -0.4 is 4.90 Å². The smallest absolute Gasteiger partial charge is 0.0458 e. The van der Waals surface area contributed by atoms with E-state index in [1.807, 2.05) is 62.3 Å². The monoisotopic (exact) mass is 414 g/mol. The molecule has 30 heavy (non-hydrogen) atoms. The molecule has 172 valence electrons. The van der Waals surface area contributed by atoms with Crippen molar-refractivity contribution in [3.63, 3.8) is 0 Å². The molecule has 0 unspecified atom stereocenters. The van der Waals surface area contributed by atoms with Gasteiger partial charge in [-0.15, -0.1) is 0 Å². The number of hydrogen-bond acceptors (Lipinski definition) is 2. The van der Waals surface area contributed by atoms with Crippen molar-refractivity contribution in [1.82, 2.24) is 0 Å². The van der Waals surface area contributed by atoms with E-state index in [-0.39, 0.29) is 0 Å². The summed E-state index contributed by atoms with van der Waals surface area (Å²) in [6.07, 6.45) is 7.42. The number of anilines is 1. The minimum Gasteiger partial charge on any atom is -0.315 e. The largest absolute Gasteiger partial charge is 0.315 e. The molecule has 2 nitrogen and oxygen atoms in total. The van der Waals surface area contributed by atoms with Crippen LogP contribution in [0, 0.1) is 0 Å². The zero-order valence-corrected chi connectivity index (χ0v) is 22.2. The summed E-state index contributed by atoms with van der Waals surface area (Å²) >= 11 is 0. The maximum Gasteiger partial charge on any atom is 0.0458 e. The maximum absolute atomic E-state index is 4.55. The van der Waals surface area contributed by atoms with Crippen molar-refractivity contribution < 1.29 is 0 Å². The predicted octanol–water partition coefficient (Wildman–Crippen LogP) is 9.74. The van der Waals surface area contributed by atoms with Gasteiger partial charge in [0.1, 0.15) is 0 Å². The fourth-order valence-corrected chi connectivity index (χ4v) is 2.65.